The van der Waals surface area contributed by atoms with Crippen LogP contribution in [0.3, 0.4) is 0 Å². The van der Waals surface area contributed by atoms with Crippen LogP contribution in [0, 0.1) is 0 Å². The van der Waals surface area contributed by atoms with E-state index in [0.717, 1.165) is 12.8 Å². The van der Waals surface area contributed by atoms with Crippen LogP contribution in [0.25, 0.3) is 0 Å². The summed E-state index contributed by atoms with van der Waals surface area (Å²) < 4.78 is 0. The third-order valence-corrected chi connectivity index (χ3v) is 5.32. The zero-order valence-corrected chi connectivity index (χ0v) is 18.3. The Morgan fingerprint density at radius 3 is 1.31 bits per heavy atom. The molecular formula is C24H45ClO. The highest BCUT2D eigenvalue weighted by molar-refractivity contribution is 6.63. The summed E-state index contributed by atoms with van der Waals surface area (Å²) in [6.07, 6.45) is 30.8. The van der Waals surface area contributed by atoms with Crippen LogP contribution in [0.15, 0.2) is 12.2 Å². The molecular weight excluding hydrogens is 340 g/mol. The maximum Gasteiger partial charge on any atom is 0.221 e. The molecule has 0 saturated heterocycles. The van der Waals surface area contributed by atoms with Crippen molar-refractivity contribution in [3.05, 3.63) is 12.2 Å². The van der Waals surface area contributed by atoms with Gasteiger partial charge in [0.05, 0.1) is 0 Å². The Labute approximate surface area is 169 Å². The van der Waals surface area contributed by atoms with Crippen molar-refractivity contribution in [2.45, 2.75) is 135 Å². The number of carbonyl (C=O) groups excluding carboxylic acids is 1. The smallest absolute Gasteiger partial charge is 0.221 e. The van der Waals surface area contributed by atoms with Gasteiger partial charge in [0.25, 0.3) is 0 Å². The van der Waals surface area contributed by atoms with E-state index in [2.05, 4.69) is 19.1 Å². The first-order valence-corrected chi connectivity index (χ1v) is 12.0. The Morgan fingerprint density at radius 2 is 0.923 bits per heavy atom. The highest BCUT2D eigenvalue weighted by Gasteiger charge is 1.97. The molecule has 0 aliphatic heterocycles. The average Bonchev–Trinajstić information content (AvgIpc) is 2.62. The molecule has 0 unspecified atom stereocenters. The second kappa shape index (κ2) is 22.7. The molecule has 0 aromatic rings. The van der Waals surface area contributed by atoms with Crippen molar-refractivity contribution in [1.29, 1.82) is 0 Å². The Balaban J connectivity index is 3.03. The zero-order chi connectivity index (χ0) is 19.1. The lowest BCUT2D eigenvalue weighted by Crippen LogP contribution is -1.86. The molecule has 1 nitrogen and oxygen atoms in total. The van der Waals surface area contributed by atoms with E-state index in [1.165, 1.54) is 109 Å². The summed E-state index contributed by atoms with van der Waals surface area (Å²) in [6, 6.07) is 0. The molecule has 0 fully saturated rings. The van der Waals surface area contributed by atoms with Gasteiger partial charge in [0, 0.05) is 6.42 Å². The molecule has 154 valence electrons. The Kier molecular flexibility index (Phi) is 22.5. The van der Waals surface area contributed by atoms with Crippen molar-refractivity contribution in [1.82, 2.24) is 0 Å². The van der Waals surface area contributed by atoms with Gasteiger partial charge in [0.2, 0.25) is 5.24 Å². The molecule has 2 heteroatoms. The summed E-state index contributed by atoms with van der Waals surface area (Å²) in [5.41, 5.74) is 0. The topological polar surface area (TPSA) is 17.1 Å². The first-order valence-electron chi connectivity index (χ1n) is 11.6. The summed E-state index contributed by atoms with van der Waals surface area (Å²) >= 11 is 5.33. The molecule has 0 aromatic heterocycles. The standard InChI is InChI=1S/C24H45ClO/c1-2-3-4-5-6-7-8-9-10-11-12-13-14-15-16-17-18-19-20-21-22-23-24(25)26/h5-6H,2-4,7-23H2,1H3/b6-5+. The Bertz CT molecular complexity index is 311. The lowest BCUT2D eigenvalue weighted by molar-refractivity contribution is -0.111. The van der Waals surface area contributed by atoms with Crippen LogP contribution in [0.1, 0.15) is 135 Å². The highest BCUT2D eigenvalue weighted by atomic mass is 35.5. The van der Waals surface area contributed by atoms with E-state index in [1.54, 1.807) is 0 Å². The first kappa shape index (κ1) is 25.7. The molecule has 0 bridgehead atoms. The molecule has 0 spiro atoms. The summed E-state index contributed by atoms with van der Waals surface area (Å²) in [7, 11) is 0. The van der Waals surface area contributed by atoms with Crippen LogP contribution in [-0.4, -0.2) is 5.24 Å². The SMILES string of the molecule is CCCC/C=C/CCCCCCCCCCCCCCCCCC(=O)Cl. The van der Waals surface area contributed by atoms with Gasteiger partial charge in [-0.1, -0.05) is 115 Å². The van der Waals surface area contributed by atoms with E-state index < -0.39 is 0 Å². The Morgan fingerprint density at radius 1 is 0.577 bits per heavy atom. The summed E-state index contributed by atoms with van der Waals surface area (Å²) in [5, 5.41) is -0.181. The number of halogens is 1. The molecule has 0 radical (unpaired) electrons. The minimum atomic E-state index is -0.181. The quantitative estimate of drug-likeness (QED) is 0.109. The van der Waals surface area contributed by atoms with E-state index in [1.807, 2.05) is 0 Å². The first-order chi connectivity index (χ1) is 12.8. The third kappa shape index (κ3) is 23.7. The lowest BCUT2D eigenvalue weighted by Gasteiger charge is -2.03. The van der Waals surface area contributed by atoms with Crippen LogP contribution in [0.5, 0.6) is 0 Å². The number of allylic oxidation sites excluding steroid dienone is 2. The van der Waals surface area contributed by atoms with Gasteiger partial charge in [0.1, 0.15) is 0 Å². The fourth-order valence-corrected chi connectivity index (χ4v) is 3.52. The van der Waals surface area contributed by atoms with Crippen LogP contribution in [-0.2, 0) is 4.79 Å². The van der Waals surface area contributed by atoms with Crippen molar-refractivity contribution >= 4 is 16.8 Å². The zero-order valence-electron chi connectivity index (χ0n) is 17.6. The van der Waals surface area contributed by atoms with Crippen LogP contribution in [0.2, 0.25) is 0 Å². The minimum Gasteiger partial charge on any atom is -0.281 e. The largest absolute Gasteiger partial charge is 0.281 e. The summed E-state index contributed by atoms with van der Waals surface area (Å²) in [5.74, 6) is 0. The molecule has 0 saturated carbocycles. The van der Waals surface area contributed by atoms with Crippen LogP contribution < -0.4 is 0 Å². The maximum atomic E-state index is 10.6. The molecule has 0 aromatic carbocycles. The normalized spacial score (nSPS) is 11.5. The van der Waals surface area contributed by atoms with Crippen molar-refractivity contribution in [2.24, 2.45) is 0 Å². The van der Waals surface area contributed by atoms with Gasteiger partial charge in [-0.25, -0.2) is 0 Å². The molecule has 0 rings (SSSR count). The maximum absolute atomic E-state index is 10.6. The third-order valence-electron chi connectivity index (χ3n) is 5.14. The predicted molar refractivity (Wildman–Crippen MR) is 118 cm³/mol. The van der Waals surface area contributed by atoms with Gasteiger partial charge in [-0.2, -0.15) is 0 Å². The number of hydrogen-bond donors (Lipinski definition) is 0. The number of rotatable bonds is 21. The van der Waals surface area contributed by atoms with Crippen LogP contribution in [0.4, 0.5) is 0 Å². The fourth-order valence-electron chi connectivity index (χ4n) is 3.38. The van der Waals surface area contributed by atoms with Crippen molar-refractivity contribution in [3.63, 3.8) is 0 Å². The summed E-state index contributed by atoms with van der Waals surface area (Å²) in [4.78, 5) is 10.6. The van der Waals surface area contributed by atoms with Gasteiger partial charge < -0.3 is 0 Å². The van der Waals surface area contributed by atoms with Gasteiger partial charge in [-0.3, -0.25) is 4.79 Å². The molecule has 0 aliphatic carbocycles. The minimum absolute atomic E-state index is 0.181. The number of carbonyl (C=O) groups is 1. The Hall–Kier alpha value is -0.300. The molecule has 0 N–H and O–H groups in total. The summed E-state index contributed by atoms with van der Waals surface area (Å²) in [6.45, 7) is 2.26. The highest BCUT2D eigenvalue weighted by Crippen LogP contribution is 2.14. The van der Waals surface area contributed by atoms with E-state index >= 15 is 0 Å². The second-order valence-corrected chi connectivity index (χ2v) is 8.23. The van der Waals surface area contributed by atoms with Crippen molar-refractivity contribution in [2.75, 3.05) is 0 Å². The molecule has 0 atom stereocenters. The lowest BCUT2D eigenvalue weighted by atomic mass is 10.0. The molecule has 0 amide bonds. The van der Waals surface area contributed by atoms with Gasteiger partial charge in [-0.15, -0.1) is 0 Å². The predicted octanol–water partition coefficient (Wildman–Crippen LogP) is 9.13. The number of unbranched alkanes of at least 4 members (excludes halogenated alkanes) is 17. The second-order valence-electron chi connectivity index (χ2n) is 7.81. The van der Waals surface area contributed by atoms with Crippen molar-refractivity contribution in [3.8, 4) is 0 Å². The van der Waals surface area contributed by atoms with E-state index in [-0.39, 0.29) is 5.24 Å². The monoisotopic (exact) mass is 384 g/mol. The molecule has 0 heterocycles. The van der Waals surface area contributed by atoms with Gasteiger partial charge >= 0.3 is 0 Å². The van der Waals surface area contributed by atoms with Gasteiger partial charge in [-0.05, 0) is 37.3 Å². The average molecular weight is 385 g/mol. The molecule has 0 aliphatic rings. The van der Waals surface area contributed by atoms with E-state index in [0.29, 0.717) is 6.42 Å². The number of hydrogen-bond acceptors (Lipinski definition) is 1. The van der Waals surface area contributed by atoms with E-state index in [9.17, 15) is 4.79 Å². The van der Waals surface area contributed by atoms with E-state index in [4.69, 9.17) is 11.6 Å². The van der Waals surface area contributed by atoms with Gasteiger partial charge in [0.15, 0.2) is 0 Å². The van der Waals surface area contributed by atoms with Crippen molar-refractivity contribution < 1.29 is 4.79 Å². The molecule has 26 heavy (non-hydrogen) atoms. The van der Waals surface area contributed by atoms with Crippen LogP contribution >= 0.6 is 11.6 Å². The fraction of sp³-hybridized carbons (Fsp3) is 0.875.